The second-order valence-corrected chi connectivity index (χ2v) is 8.11. The average molecular weight is 492 g/mol. The maximum Gasteiger partial charge on any atom is 0.265 e. The second kappa shape index (κ2) is 9.15. The number of nitrogens with zero attached hydrogens (tertiary/aromatic N) is 3. The summed E-state index contributed by atoms with van der Waals surface area (Å²) in [5.41, 5.74) is 0.688. The van der Waals surface area contributed by atoms with Gasteiger partial charge >= 0.3 is 0 Å². The Labute approximate surface area is 202 Å². The van der Waals surface area contributed by atoms with Crippen molar-refractivity contribution in [3.8, 4) is 17.2 Å². The molecule has 2 aromatic carbocycles. The molecule has 0 saturated heterocycles. The fourth-order valence-corrected chi connectivity index (χ4v) is 3.93. The second-order valence-electron chi connectivity index (χ2n) is 7.70. The number of fused-ring (bicyclic) bond motifs is 1. The van der Waals surface area contributed by atoms with Crippen molar-refractivity contribution in [3.05, 3.63) is 123 Å². The summed E-state index contributed by atoms with van der Waals surface area (Å²) in [4.78, 5) is 25.7. The molecule has 0 spiro atoms. The Kier molecular flexibility index (Phi) is 5.88. The van der Waals surface area contributed by atoms with Crippen molar-refractivity contribution in [2.24, 2.45) is 0 Å². The van der Waals surface area contributed by atoms with Crippen LogP contribution < -0.4 is 10.3 Å². The lowest BCUT2D eigenvalue weighted by atomic mass is 10.0. The van der Waals surface area contributed by atoms with Gasteiger partial charge in [-0.3, -0.25) is 14.2 Å². The van der Waals surface area contributed by atoms with Crippen LogP contribution in [0.25, 0.3) is 11.2 Å². The fraction of sp³-hybridized carbons (Fsp3) is 0.0385. The summed E-state index contributed by atoms with van der Waals surface area (Å²) in [5.74, 6) is -1.32. The maximum atomic E-state index is 14.8. The van der Waals surface area contributed by atoms with Gasteiger partial charge in [0.25, 0.3) is 5.56 Å². The number of carbonyl (C=O) groups is 1. The summed E-state index contributed by atoms with van der Waals surface area (Å²) in [5, 5.41) is 4.44. The van der Waals surface area contributed by atoms with E-state index in [1.165, 1.54) is 63.9 Å². The number of ether oxygens (including phenoxy) is 1. The van der Waals surface area contributed by atoms with Gasteiger partial charge in [0, 0.05) is 24.5 Å². The summed E-state index contributed by atoms with van der Waals surface area (Å²) in [7, 11) is 0. The topological polar surface area (TPSA) is 65.6 Å². The molecule has 3 aromatic heterocycles. The lowest BCUT2D eigenvalue weighted by Gasteiger charge is -2.10. The molecule has 0 aliphatic rings. The molecular weight excluding hydrogens is 476 g/mol. The molecule has 0 unspecified atom stereocenters. The molecule has 35 heavy (non-hydrogen) atoms. The quantitative estimate of drug-likeness (QED) is 0.289. The minimum Gasteiger partial charge on any atom is -0.452 e. The number of hydrogen-bond donors (Lipinski definition) is 0. The standard InChI is InChI=1S/C26H16ClF2N3O3/c27-20-15-30-32-12-2-4-24(25(20)32)35-23-10-5-16(13-21(23)29)14-22(33)19-3-1-11-31(26(19)34)18-8-6-17(28)7-9-18/h1-13,15H,14H2. The highest BCUT2D eigenvalue weighted by molar-refractivity contribution is 6.34. The van der Waals surface area contributed by atoms with Gasteiger partial charge in [-0.2, -0.15) is 5.10 Å². The molecule has 0 N–H and O–H groups in total. The van der Waals surface area contributed by atoms with E-state index >= 15 is 0 Å². The predicted octanol–water partition coefficient (Wildman–Crippen LogP) is 5.63. The van der Waals surface area contributed by atoms with Crippen LogP contribution in [0.1, 0.15) is 15.9 Å². The number of Topliss-reactive ketones (excluding diaryl/α,β-unsaturated/α-hetero) is 1. The van der Waals surface area contributed by atoms with Gasteiger partial charge in [-0.05, 0) is 66.2 Å². The number of pyridine rings is 2. The Bertz CT molecular complexity index is 1630. The van der Waals surface area contributed by atoms with E-state index in [1.54, 1.807) is 30.5 Å². The van der Waals surface area contributed by atoms with E-state index in [2.05, 4.69) is 5.10 Å². The predicted molar refractivity (Wildman–Crippen MR) is 127 cm³/mol. The van der Waals surface area contributed by atoms with Crippen molar-refractivity contribution < 1.29 is 18.3 Å². The molecule has 6 nitrogen and oxygen atoms in total. The third-order valence-electron chi connectivity index (χ3n) is 5.39. The minimum atomic E-state index is -0.676. The first-order valence-corrected chi connectivity index (χ1v) is 10.9. The van der Waals surface area contributed by atoms with Crippen LogP contribution >= 0.6 is 11.6 Å². The lowest BCUT2D eigenvalue weighted by Crippen LogP contribution is -2.25. The van der Waals surface area contributed by atoms with E-state index in [9.17, 15) is 18.4 Å². The number of aromatic nitrogens is 3. The molecule has 0 aliphatic carbocycles. The summed E-state index contributed by atoms with van der Waals surface area (Å²) < 4.78 is 36.5. The van der Waals surface area contributed by atoms with E-state index in [1.807, 2.05) is 0 Å². The van der Waals surface area contributed by atoms with Crippen LogP contribution in [0.15, 0.2) is 90.1 Å². The number of ketones is 1. The van der Waals surface area contributed by atoms with Crippen LogP contribution in [0, 0.1) is 11.6 Å². The number of carbonyl (C=O) groups excluding carboxylic acids is 1. The van der Waals surface area contributed by atoms with Crippen molar-refractivity contribution in [1.29, 1.82) is 0 Å². The third-order valence-corrected chi connectivity index (χ3v) is 5.67. The normalized spacial score (nSPS) is 11.1. The van der Waals surface area contributed by atoms with Gasteiger partial charge in [-0.25, -0.2) is 13.3 Å². The van der Waals surface area contributed by atoms with Crippen LogP contribution in [0.5, 0.6) is 11.5 Å². The van der Waals surface area contributed by atoms with E-state index in [4.69, 9.17) is 16.3 Å². The molecule has 174 valence electrons. The van der Waals surface area contributed by atoms with Crippen molar-refractivity contribution in [3.63, 3.8) is 0 Å². The highest BCUT2D eigenvalue weighted by Gasteiger charge is 2.16. The molecule has 5 aromatic rings. The Morgan fingerprint density at radius 1 is 0.971 bits per heavy atom. The summed E-state index contributed by atoms with van der Waals surface area (Å²) in [6, 6.07) is 15.8. The maximum absolute atomic E-state index is 14.8. The Hall–Kier alpha value is -4.30. The SMILES string of the molecule is O=C(Cc1ccc(Oc2cccn3ncc(Cl)c23)c(F)c1)c1cccn(-c2ccc(F)cc2)c1=O. The number of rotatable bonds is 6. The van der Waals surface area contributed by atoms with E-state index in [0.717, 1.165) is 0 Å². The monoisotopic (exact) mass is 491 g/mol. The molecule has 0 atom stereocenters. The highest BCUT2D eigenvalue weighted by Crippen LogP contribution is 2.32. The molecule has 3 heterocycles. The smallest absolute Gasteiger partial charge is 0.265 e. The summed E-state index contributed by atoms with van der Waals surface area (Å²) in [6.45, 7) is 0. The first-order valence-electron chi connectivity index (χ1n) is 10.5. The average Bonchev–Trinajstić information content (AvgIpc) is 3.23. The van der Waals surface area contributed by atoms with Gasteiger partial charge in [-0.15, -0.1) is 0 Å². The van der Waals surface area contributed by atoms with Gasteiger partial charge in [0.1, 0.15) is 11.3 Å². The number of halogens is 3. The Morgan fingerprint density at radius 3 is 2.51 bits per heavy atom. The van der Waals surface area contributed by atoms with Gasteiger partial charge in [0.15, 0.2) is 23.1 Å². The molecule has 5 rings (SSSR count). The van der Waals surface area contributed by atoms with E-state index < -0.39 is 23.0 Å². The summed E-state index contributed by atoms with van der Waals surface area (Å²) >= 11 is 6.16. The number of hydrogen-bond acceptors (Lipinski definition) is 4. The molecule has 0 amide bonds. The van der Waals surface area contributed by atoms with Crippen LogP contribution in [-0.2, 0) is 6.42 Å². The lowest BCUT2D eigenvalue weighted by molar-refractivity contribution is 0.0991. The van der Waals surface area contributed by atoms with Gasteiger partial charge < -0.3 is 4.74 Å². The van der Waals surface area contributed by atoms with Crippen molar-refractivity contribution in [2.75, 3.05) is 0 Å². The molecule has 9 heteroatoms. The molecule has 0 saturated carbocycles. The molecule has 0 bridgehead atoms. The van der Waals surface area contributed by atoms with Crippen molar-refractivity contribution in [1.82, 2.24) is 14.2 Å². The molecular formula is C26H16ClF2N3O3. The van der Waals surface area contributed by atoms with Gasteiger partial charge in [0.05, 0.1) is 16.8 Å². The minimum absolute atomic E-state index is 0.0510. The number of benzene rings is 2. The zero-order valence-corrected chi connectivity index (χ0v) is 18.7. The highest BCUT2D eigenvalue weighted by atomic mass is 35.5. The van der Waals surface area contributed by atoms with E-state index in [-0.39, 0.29) is 17.7 Å². The third kappa shape index (κ3) is 4.43. The van der Waals surface area contributed by atoms with Crippen molar-refractivity contribution >= 4 is 22.9 Å². The van der Waals surface area contributed by atoms with Crippen LogP contribution in [0.3, 0.4) is 0 Å². The summed E-state index contributed by atoms with van der Waals surface area (Å²) in [6.07, 6.45) is 4.45. The van der Waals surface area contributed by atoms with Crippen LogP contribution in [-0.4, -0.2) is 20.0 Å². The Balaban J connectivity index is 1.38. The fourth-order valence-electron chi connectivity index (χ4n) is 3.71. The first kappa shape index (κ1) is 22.5. The molecule has 0 radical (unpaired) electrons. The van der Waals surface area contributed by atoms with Gasteiger partial charge in [-0.1, -0.05) is 17.7 Å². The van der Waals surface area contributed by atoms with Crippen LogP contribution in [0.2, 0.25) is 5.02 Å². The first-order chi connectivity index (χ1) is 16.9. The van der Waals surface area contributed by atoms with E-state index in [0.29, 0.717) is 27.5 Å². The van der Waals surface area contributed by atoms with Gasteiger partial charge in [0.2, 0.25) is 0 Å². The molecule has 0 aliphatic heterocycles. The van der Waals surface area contributed by atoms with Crippen molar-refractivity contribution in [2.45, 2.75) is 6.42 Å². The molecule has 0 fully saturated rings. The van der Waals surface area contributed by atoms with Crippen LogP contribution in [0.4, 0.5) is 8.78 Å². The largest absolute Gasteiger partial charge is 0.452 e. The zero-order valence-electron chi connectivity index (χ0n) is 18.0. The Morgan fingerprint density at radius 2 is 1.74 bits per heavy atom. The zero-order chi connectivity index (χ0) is 24.5.